The zero-order valence-corrected chi connectivity index (χ0v) is 13.5. The van der Waals surface area contributed by atoms with Gasteiger partial charge < -0.3 is 15.0 Å². The van der Waals surface area contributed by atoms with Crippen LogP contribution in [0.1, 0.15) is 25.1 Å². The van der Waals surface area contributed by atoms with Gasteiger partial charge in [0.25, 0.3) is 10.0 Å². The third kappa shape index (κ3) is 3.82. The summed E-state index contributed by atoms with van der Waals surface area (Å²) in [6.45, 7) is 4.01. The highest BCUT2D eigenvalue weighted by molar-refractivity contribution is 7.89. The fourth-order valence-electron chi connectivity index (χ4n) is 2.36. The van der Waals surface area contributed by atoms with E-state index in [2.05, 4.69) is 4.98 Å². The van der Waals surface area contributed by atoms with Crippen molar-refractivity contribution < 1.29 is 13.2 Å². The number of ether oxygens (including phenoxy) is 1. The number of rotatable bonds is 6. The van der Waals surface area contributed by atoms with Crippen LogP contribution in [0.2, 0.25) is 0 Å². The first-order valence-electron chi connectivity index (χ1n) is 7.27. The van der Waals surface area contributed by atoms with E-state index in [0.717, 1.165) is 19.3 Å². The summed E-state index contributed by atoms with van der Waals surface area (Å²) in [6.07, 6.45) is 3.97. The Balaban J connectivity index is 1.95. The SMILES string of the molecule is Cc1nc(S(=O)(=O)N2CCC(OCCCN)CC2)cn1C. The molecule has 0 unspecified atom stereocenters. The fourth-order valence-corrected chi connectivity index (χ4v) is 3.85. The number of nitrogens with two attached hydrogens (primary N) is 1. The number of piperidine rings is 1. The molecule has 0 aromatic carbocycles. The maximum Gasteiger partial charge on any atom is 0.262 e. The second-order valence-electron chi connectivity index (χ2n) is 5.35. The van der Waals surface area contributed by atoms with Crippen molar-refractivity contribution in [1.82, 2.24) is 13.9 Å². The molecular formula is C13H24N4O3S. The molecule has 1 aromatic heterocycles. The Morgan fingerprint density at radius 3 is 2.62 bits per heavy atom. The lowest BCUT2D eigenvalue weighted by atomic mass is 10.1. The summed E-state index contributed by atoms with van der Waals surface area (Å²) in [5, 5.41) is 0.130. The Kier molecular flexibility index (Phi) is 5.37. The molecule has 2 N–H and O–H groups in total. The third-order valence-electron chi connectivity index (χ3n) is 3.79. The molecule has 120 valence electrons. The number of sulfonamides is 1. The van der Waals surface area contributed by atoms with E-state index in [9.17, 15) is 8.42 Å². The van der Waals surface area contributed by atoms with Crippen molar-refractivity contribution >= 4 is 10.0 Å². The predicted molar refractivity (Wildman–Crippen MR) is 79.3 cm³/mol. The average Bonchev–Trinajstić information content (AvgIpc) is 2.80. The van der Waals surface area contributed by atoms with Gasteiger partial charge in [-0.15, -0.1) is 0 Å². The van der Waals surface area contributed by atoms with Gasteiger partial charge >= 0.3 is 0 Å². The molecule has 1 aliphatic rings. The Labute approximate surface area is 126 Å². The maximum atomic E-state index is 12.5. The van der Waals surface area contributed by atoms with Crippen LogP contribution in [0, 0.1) is 6.92 Å². The first-order chi connectivity index (χ1) is 9.95. The minimum Gasteiger partial charge on any atom is -0.378 e. The number of hydrogen-bond donors (Lipinski definition) is 1. The minimum atomic E-state index is -3.49. The second-order valence-corrected chi connectivity index (χ2v) is 7.24. The summed E-state index contributed by atoms with van der Waals surface area (Å²) in [7, 11) is -1.70. The van der Waals surface area contributed by atoms with E-state index in [-0.39, 0.29) is 11.1 Å². The summed E-state index contributed by atoms with van der Waals surface area (Å²) in [5.41, 5.74) is 5.43. The number of hydrogen-bond acceptors (Lipinski definition) is 5. The molecule has 21 heavy (non-hydrogen) atoms. The van der Waals surface area contributed by atoms with Crippen LogP contribution in [-0.2, 0) is 21.8 Å². The largest absolute Gasteiger partial charge is 0.378 e. The first-order valence-corrected chi connectivity index (χ1v) is 8.71. The van der Waals surface area contributed by atoms with Gasteiger partial charge in [-0.05, 0) is 32.7 Å². The van der Waals surface area contributed by atoms with Crippen molar-refractivity contribution in [2.45, 2.75) is 37.3 Å². The van der Waals surface area contributed by atoms with E-state index >= 15 is 0 Å². The zero-order valence-electron chi connectivity index (χ0n) is 12.7. The Hall–Kier alpha value is -0.960. The monoisotopic (exact) mass is 316 g/mol. The minimum absolute atomic E-state index is 0.130. The van der Waals surface area contributed by atoms with Gasteiger partial charge in [-0.3, -0.25) is 0 Å². The molecular weight excluding hydrogens is 292 g/mol. The molecule has 8 heteroatoms. The van der Waals surface area contributed by atoms with Crippen LogP contribution in [0.15, 0.2) is 11.2 Å². The van der Waals surface area contributed by atoms with Crippen molar-refractivity contribution in [2.75, 3.05) is 26.2 Å². The smallest absolute Gasteiger partial charge is 0.262 e. The quantitative estimate of drug-likeness (QED) is 0.760. The molecule has 2 rings (SSSR count). The summed E-state index contributed by atoms with van der Waals surface area (Å²) >= 11 is 0. The number of imidazole rings is 1. The fraction of sp³-hybridized carbons (Fsp3) is 0.769. The third-order valence-corrected chi connectivity index (χ3v) is 5.56. The summed E-state index contributed by atoms with van der Waals surface area (Å²) < 4.78 is 33.9. The maximum absolute atomic E-state index is 12.5. The molecule has 7 nitrogen and oxygen atoms in total. The van der Waals surface area contributed by atoms with Crippen LogP contribution in [-0.4, -0.2) is 54.6 Å². The molecule has 0 bridgehead atoms. The van der Waals surface area contributed by atoms with Crippen molar-refractivity contribution in [3.63, 3.8) is 0 Å². The topological polar surface area (TPSA) is 90.4 Å². The molecule has 0 saturated carbocycles. The van der Waals surface area contributed by atoms with Crippen LogP contribution >= 0.6 is 0 Å². The van der Waals surface area contributed by atoms with Gasteiger partial charge in [-0.25, -0.2) is 13.4 Å². The van der Waals surface area contributed by atoms with E-state index in [0.29, 0.717) is 32.1 Å². The summed E-state index contributed by atoms with van der Waals surface area (Å²) in [5.74, 6) is 0.688. The van der Waals surface area contributed by atoms with Crippen LogP contribution in [0.4, 0.5) is 0 Å². The van der Waals surface area contributed by atoms with Crippen LogP contribution in [0.3, 0.4) is 0 Å². The molecule has 0 aliphatic carbocycles. The highest BCUT2D eigenvalue weighted by Crippen LogP contribution is 2.21. The van der Waals surface area contributed by atoms with Crippen molar-refractivity contribution in [2.24, 2.45) is 12.8 Å². The molecule has 0 spiro atoms. The van der Waals surface area contributed by atoms with E-state index in [4.69, 9.17) is 10.5 Å². The molecule has 0 radical (unpaired) electrons. The lowest BCUT2D eigenvalue weighted by Crippen LogP contribution is -2.41. The van der Waals surface area contributed by atoms with Gasteiger partial charge in [0, 0.05) is 32.9 Å². The summed E-state index contributed by atoms with van der Waals surface area (Å²) in [6, 6.07) is 0. The number of aryl methyl sites for hydroxylation is 2. The van der Waals surface area contributed by atoms with Gasteiger partial charge in [0.2, 0.25) is 0 Å². The van der Waals surface area contributed by atoms with Gasteiger partial charge in [0.1, 0.15) is 5.82 Å². The molecule has 1 fully saturated rings. The number of aromatic nitrogens is 2. The van der Waals surface area contributed by atoms with Crippen LogP contribution < -0.4 is 5.73 Å². The van der Waals surface area contributed by atoms with Crippen LogP contribution in [0.5, 0.6) is 0 Å². The highest BCUT2D eigenvalue weighted by atomic mass is 32.2. The standard InChI is InChI=1S/C13H24N4O3S/c1-11-15-13(10-16(11)2)21(18,19)17-7-4-12(5-8-17)20-9-3-6-14/h10,12H,3-9,14H2,1-2H3. The molecule has 1 aliphatic heterocycles. The van der Waals surface area contributed by atoms with E-state index in [1.54, 1.807) is 24.7 Å². The predicted octanol–water partition coefficient (Wildman–Crippen LogP) is 0.247. The molecule has 0 amide bonds. The molecule has 0 atom stereocenters. The Bertz CT molecular complexity index is 542. The normalized spacial score (nSPS) is 18.2. The van der Waals surface area contributed by atoms with E-state index in [1.165, 1.54) is 4.31 Å². The Morgan fingerprint density at radius 1 is 1.43 bits per heavy atom. The summed E-state index contributed by atoms with van der Waals surface area (Å²) in [4.78, 5) is 4.12. The molecule has 2 heterocycles. The van der Waals surface area contributed by atoms with Crippen molar-refractivity contribution in [3.05, 3.63) is 12.0 Å². The zero-order chi connectivity index (χ0) is 15.5. The van der Waals surface area contributed by atoms with E-state index < -0.39 is 10.0 Å². The number of nitrogens with zero attached hydrogens (tertiary/aromatic N) is 3. The van der Waals surface area contributed by atoms with Gasteiger partial charge in [0.05, 0.1) is 6.10 Å². The first kappa shape index (κ1) is 16.4. The lowest BCUT2D eigenvalue weighted by molar-refractivity contribution is 0.0208. The van der Waals surface area contributed by atoms with Gasteiger partial charge in [-0.2, -0.15) is 4.31 Å². The second kappa shape index (κ2) is 6.87. The molecule has 1 saturated heterocycles. The molecule has 1 aromatic rings. The van der Waals surface area contributed by atoms with Crippen LogP contribution in [0.25, 0.3) is 0 Å². The van der Waals surface area contributed by atoms with Gasteiger partial charge in [-0.1, -0.05) is 0 Å². The highest BCUT2D eigenvalue weighted by Gasteiger charge is 2.31. The Morgan fingerprint density at radius 2 is 2.10 bits per heavy atom. The lowest BCUT2D eigenvalue weighted by Gasteiger charge is -2.30. The van der Waals surface area contributed by atoms with Crippen molar-refractivity contribution in [3.8, 4) is 0 Å². The van der Waals surface area contributed by atoms with Crippen molar-refractivity contribution in [1.29, 1.82) is 0 Å². The van der Waals surface area contributed by atoms with Gasteiger partial charge in [0.15, 0.2) is 5.03 Å². The van der Waals surface area contributed by atoms with E-state index in [1.807, 2.05) is 0 Å². The average molecular weight is 316 g/mol.